The highest BCUT2D eigenvalue weighted by molar-refractivity contribution is 7.91. The van der Waals surface area contributed by atoms with Crippen LogP contribution in [0.15, 0.2) is 0 Å². The van der Waals surface area contributed by atoms with E-state index in [0.29, 0.717) is 45.5 Å². The SMILES string of the molecule is COCCN1CCCC2(CCN(C(=O)C3CCS(=O)(=O)CC3)C2)C1=O. The Kier molecular flexibility index (Phi) is 5.39. The van der Waals surface area contributed by atoms with Crippen LogP contribution >= 0.6 is 0 Å². The van der Waals surface area contributed by atoms with Crippen molar-refractivity contribution in [2.75, 3.05) is 51.4 Å². The zero-order chi connectivity index (χ0) is 18.1. The first-order chi connectivity index (χ1) is 11.9. The molecule has 0 saturated carbocycles. The minimum atomic E-state index is -2.97. The number of rotatable bonds is 4. The second kappa shape index (κ2) is 7.23. The van der Waals surface area contributed by atoms with Crippen LogP contribution in [-0.2, 0) is 24.2 Å². The first-order valence-electron chi connectivity index (χ1n) is 9.14. The van der Waals surface area contributed by atoms with Crippen LogP contribution < -0.4 is 0 Å². The Morgan fingerprint density at radius 2 is 1.96 bits per heavy atom. The lowest BCUT2D eigenvalue weighted by atomic mass is 9.78. The fourth-order valence-electron chi connectivity index (χ4n) is 4.40. The van der Waals surface area contributed by atoms with Crippen LogP contribution in [0.1, 0.15) is 32.1 Å². The molecule has 3 rings (SSSR count). The molecule has 0 aromatic rings. The molecule has 3 saturated heterocycles. The topological polar surface area (TPSA) is 84.0 Å². The molecule has 7 nitrogen and oxygen atoms in total. The largest absolute Gasteiger partial charge is 0.383 e. The summed E-state index contributed by atoms with van der Waals surface area (Å²) in [5, 5.41) is 0. The van der Waals surface area contributed by atoms with Gasteiger partial charge in [0.05, 0.1) is 23.5 Å². The van der Waals surface area contributed by atoms with Gasteiger partial charge in [0.15, 0.2) is 0 Å². The molecule has 0 aliphatic carbocycles. The highest BCUT2D eigenvalue weighted by Gasteiger charge is 2.50. The number of nitrogens with zero attached hydrogens (tertiary/aromatic N) is 2. The number of ether oxygens (including phenoxy) is 1. The Morgan fingerprint density at radius 1 is 1.24 bits per heavy atom. The lowest BCUT2D eigenvalue weighted by molar-refractivity contribution is -0.147. The van der Waals surface area contributed by atoms with Crippen LogP contribution in [0.25, 0.3) is 0 Å². The van der Waals surface area contributed by atoms with Gasteiger partial charge in [-0.05, 0) is 32.1 Å². The van der Waals surface area contributed by atoms with E-state index in [0.717, 1.165) is 19.4 Å². The Morgan fingerprint density at radius 3 is 2.64 bits per heavy atom. The molecular weight excluding hydrogens is 344 g/mol. The molecule has 0 bridgehead atoms. The van der Waals surface area contributed by atoms with Crippen molar-refractivity contribution in [1.29, 1.82) is 0 Å². The lowest BCUT2D eigenvalue weighted by Gasteiger charge is -2.39. The second-order valence-corrected chi connectivity index (χ2v) is 9.91. The van der Waals surface area contributed by atoms with E-state index in [9.17, 15) is 18.0 Å². The predicted molar refractivity (Wildman–Crippen MR) is 92.7 cm³/mol. The standard InChI is InChI=1S/C17H28N2O5S/c1-24-10-9-18-7-2-5-17(16(18)21)6-8-19(13-17)15(20)14-3-11-25(22,23)12-4-14/h14H,2-13H2,1H3. The molecular formula is C17H28N2O5S. The Balaban J connectivity index is 1.62. The normalized spacial score (nSPS) is 30.2. The number of carbonyl (C=O) groups excluding carboxylic acids is 2. The van der Waals surface area contributed by atoms with E-state index in [1.54, 1.807) is 12.0 Å². The maximum Gasteiger partial charge on any atom is 0.230 e. The fourth-order valence-corrected chi connectivity index (χ4v) is 5.89. The van der Waals surface area contributed by atoms with Crippen LogP contribution in [0.4, 0.5) is 0 Å². The van der Waals surface area contributed by atoms with Crippen molar-refractivity contribution in [1.82, 2.24) is 9.80 Å². The third kappa shape index (κ3) is 3.84. The van der Waals surface area contributed by atoms with Crippen LogP contribution in [0.5, 0.6) is 0 Å². The number of likely N-dealkylation sites (tertiary alicyclic amines) is 2. The Hall–Kier alpha value is -1.15. The average molecular weight is 372 g/mol. The minimum Gasteiger partial charge on any atom is -0.383 e. The van der Waals surface area contributed by atoms with Gasteiger partial charge in [0.25, 0.3) is 0 Å². The van der Waals surface area contributed by atoms with E-state index in [-0.39, 0.29) is 29.2 Å². The van der Waals surface area contributed by atoms with Crippen molar-refractivity contribution in [2.45, 2.75) is 32.1 Å². The van der Waals surface area contributed by atoms with E-state index < -0.39 is 15.3 Å². The molecule has 1 spiro atoms. The van der Waals surface area contributed by atoms with E-state index in [1.807, 2.05) is 4.90 Å². The van der Waals surface area contributed by atoms with Crippen molar-refractivity contribution in [2.24, 2.45) is 11.3 Å². The molecule has 142 valence electrons. The highest BCUT2D eigenvalue weighted by atomic mass is 32.2. The summed E-state index contributed by atoms with van der Waals surface area (Å²) < 4.78 is 28.2. The minimum absolute atomic E-state index is 0.0357. The van der Waals surface area contributed by atoms with Gasteiger partial charge < -0.3 is 14.5 Å². The molecule has 0 aromatic heterocycles. The van der Waals surface area contributed by atoms with Gasteiger partial charge in [-0.2, -0.15) is 0 Å². The Labute approximate surface area is 149 Å². The molecule has 8 heteroatoms. The molecule has 0 N–H and O–H groups in total. The first-order valence-corrected chi connectivity index (χ1v) is 11.0. The summed E-state index contributed by atoms with van der Waals surface area (Å²) in [6, 6.07) is 0. The molecule has 3 fully saturated rings. The molecule has 1 unspecified atom stereocenters. The number of piperidine rings is 1. The summed E-state index contributed by atoms with van der Waals surface area (Å²) in [5.74, 6) is 0.186. The maximum absolute atomic E-state index is 12.9. The molecule has 2 amide bonds. The summed E-state index contributed by atoms with van der Waals surface area (Å²) in [7, 11) is -1.34. The van der Waals surface area contributed by atoms with Crippen LogP contribution in [0.3, 0.4) is 0 Å². The van der Waals surface area contributed by atoms with E-state index in [4.69, 9.17) is 4.74 Å². The number of carbonyl (C=O) groups is 2. The fraction of sp³-hybridized carbons (Fsp3) is 0.882. The van der Waals surface area contributed by atoms with Gasteiger partial charge in [-0.25, -0.2) is 8.42 Å². The number of hydrogen-bond acceptors (Lipinski definition) is 5. The van der Waals surface area contributed by atoms with Gasteiger partial charge in [0, 0.05) is 39.2 Å². The van der Waals surface area contributed by atoms with Crippen molar-refractivity contribution < 1.29 is 22.7 Å². The van der Waals surface area contributed by atoms with Crippen molar-refractivity contribution in [3.05, 3.63) is 0 Å². The average Bonchev–Trinajstić information content (AvgIpc) is 3.01. The number of methoxy groups -OCH3 is 1. The van der Waals surface area contributed by atoms with E-state index in [2.05, 4.69) is 0 Å². The van der Waals surface area contributed by atoms with Crippen molar-refractivity contribution >= 4 is 21.7 Å². The third-order valence-corrected chi connectivity index (χ3v) is 7.67. The van der Waals surface area contributed by atoms with Crippen LogP contribution in [0.2, 0.25) is 0 Å². The number of sulfone groups is 1. The smallest absolute Gasteiger partial charge is 0.230 e. The summed E-state index contributed by atoms with van der Waals surface area (Å²) in [6.45, 7) is 2.98. The van der Waals surface area contributed by atoms with E-state index in [1.165, 1.54) is 0 Å². The van der Waals surface area contributed by atoms with Gasteiger partial charge in [0.1, 0.15) is 9.84 Å². The summed E-state index contributed by atoms with van der Waals surface area (Å²) in [6.07, 6.45) is 3.33. The molecule has 3 heterocycles. The van der Waals surface area contributed by atoms with Gasteiger partial charge in [0.2, 0.25) is 11.8 Å². The van der Waals surface area contributed by atoms with Crippen LogP contribution in [-0.4, -0.2) is 81.4 Å². The summed E-state index contributed by atoms with van der Waals surface area (Å²) in [4.78, 5) is 29.4. The number of hydrogen-bond donors (Lipinski definition) is 0. The Bertz CT molecular complexity index is 621. The zero-order valence-corrected chi connectivity index (χ0v) is 15.7. The van der Waals surface area contributed by atoms with Gasteiger partial charge in [-0.3, -0.25) is 9.59 Å². The van der Waals surface area contributed by atoms with Gasteiger partial charge in [-0.15, -0.1) is 0 Å². The third-order valence-electron chi connectivity index (χ3n) is 5.96. The predicted octanol–water partition coefficient (Wildman–Crippen LogP) is 0.299. The van der Waals surface area contributed by atoms with Gasteiger partial charge in [-0.1, -0.05) is 0 Å². The lowest BCUT2D eigenvalue weighted by Crippen LogP contribution is -2.51. The first kappa shape index (κ1) is 18.6. The monoisotopic (exact) mass is 372 g/mol. The van der Waals surface area contributed by atoms with Gasteiger partial charge >= 0.3 is 0 Å². The molecule has 1 atom stereocenters. The number of amides is 2. The summed E-state index contributed by atoms with van der Waals surface area (Å²) >= 11 is 0. The zero-order valence-electron chi connectivity index (χ0n) is 14.9. The molecule has 3 aliphatic heterocycles. The molecule has 25 heavy (non-hydrogen) atoms. The summed E-state index contributed by atoms with van der Waals surface area (Å²) in [5.41, 5.74) is -0.442. The van der Waals surface area contributed by atoms with Crippen molar-refractivity contribution in [3.8, 4) is 0 Å². The molecule has 0 aromatic carbocycles. The van der Waals surface area contributed by atoms with E-state index >= 15 is 0 Å². The molecule has 3 aliphatic rings. The second-order valence-electron chi connectivity index (χ2n) is 7.60. The quantitative estimate of drug-likeness (QED) is 0.709. The molecule has 0 radical (unpaired) electrons. The van der Waals surface area contributed by atoms with Crippen molar-refractivity contribution in [3.63, 3.8) is 0 Å². The highest BCUT2D eigenvalue weighted by Crippen LogP contribution is 2.41. The maximum atomic E-state index is 12.9. The van der Waals surface area contributed by atoms with Crippen LogP contribution in [0, 0.1) is 11.3 Å².